The summed E-state index contributed by atoms with van der Waals surface area (Å²) in [5.41, 5.74) is 0.654. The molecule has 0 aliphatic heterocycles. The van der Waals surface area contributed by atoms with Crippen LogP contribution in [0.3, 0.4) is 0 Å². The number of unbranched alkanes of at least 4 members (excludes halogenated alkanes) is 1. The largest absolute Gasteiger partial charge is 0.101 e. The van der Waals surface area contributed by atoms with Crippen LogP contribution in [0.5, 0.6) is 0 Å². The van der Waals surface area contributed by atoms with Crippen LogP contribution in [0.15, 0.2) is 0 Å². The van der Waals surface area contributed by atoms with E-state index in [-0.39, 0.29) is 0 Å². The van der Waals surface area contributed by atoms with Gasteiger partial charge in [-0.15, -0.1) is 0 Å². The minimum atomic E-state index is 0.654. The maximum absolute atomic E-state index is 2.49. The molecular weight excluding hydrogens is 155 g/mol. The van der Waals surface area contributed by atoms with Crippen LogP contribution in [-0.2, 0) is 0 Å². The van der Waals surface area contributed by atoms with E-state index in [1.54, 1.807) is 0 Å². The number of hydrogen-bond donors (Lipinski definition) is 0. The van der Waals surface area contributed by atoms with Crippen molar-refractivity contribution in [2.45, 2.75) is 72.0 Å². The van der Waals surface area contributed by atoms with E-state index in [2.05, 4.69) is 28.6 Å². The van der Waals surface area contributed by atoms with Crippen LogP contribution in [0.4, 0.5) is 0 Å². The maximum Gasteiger partial charge on any atom is 0.101 e. The molecule has 0 aromatic rings. The Balaban J connectivity index is 3.84. The van der Waals surface area contributed by atoms with E-state index >= 15 is 0 Å². The molecule has 78 valence electrons. The van der Waals surface area contributed by atoms with Crippen LogP contribution in [0.1, 0.15) is 65.7 Å². The third-order valence-electron chi connectivity index (χ3n) is 3.12. The molecule has 0 saturated carbocycles. The van der Waals surface area contributed by atoms with Crippen LogP contribution < -0.4 is 0 Å². The van der Waals surface area contributed by atoms with Crippen LogP contribution in [0, 0.1) is 5.41 Å². The molecule has 0 amide bonds. The molecule has 0 aliphatic carbocycles. The van der Waals surface area contributed by atoms with Crippen molar-refractivity contribution in [1.29, 1.82) is 0 Å². The van der Waals surface area contributed by atoms with Gasteiger partial charge in [-0.25, -0.2) is 0 Å². The van der Waals surface area contributed by atoms with E-state index in [0.29, 0.717) is 5.41 Å². The standard InChI is InChI=1S/C12H27B/c1-4-6-9-12(3,8-5-2)10-7-11-13/h4-11,13H2,1-3H3. The molecule has 1 atom stereocenters. The molecule has 0 saturated heterocycles. The molecule has 0 aromatic carbocycles. The summed E-state index contributed by atoms with van der Waals surface area (Å²) in [5, 5.41) is 0. The van der Waals surface area contributed by atoms with E-state index < -0.39 is 0 Å². The fourth-order valence-electron chi connectivity index (χ4n) is 2.19. The van der Waals surface area contributed by atoms with E-state index in [4.69, 9.17) is 0 Å². The van der Waals surface area contributed by atoms with Crippen molar-refractivity contribution in [3.8, 4) is 0 Å². The first-order chi connectivity index (χ1) is 6.18. The fraction of sp³-hybridized carbons (Fsp3) is 1.00. The van der Waals surface area contributed by atoms with Gasteiger partial charge in [-0.3, -0.25) is 0 Å². The van der Waals surface area contributed by atoms with Gasteiger partial charge in [0.05, 0.1) is 0 Å². The molecule has 1 unspecified atom stereocenters. The summed E-state index contributed by atoms with van der Waals surface area (Å²) in [7, 11) is 2.30. The van der Waals surface area contributed by atoms with Gasteiger partial charge in [0, 0.05) is 0 Å². The minimum Gasteiger partial charge on any atom is -0.0810 e. The SMILES string of the molecule is BCCCC(C)(CCC)CCCC. The molecule has 0 spiro atoms. The van der Waals surface area contributed by atoms with Gasteiger partial charge in [-0.2, -0.15) is 0 Å². The molecular formula is C12H27B. The lowest BCUT2D eigenvalue weighted by Gasteiger charge is -2.29. The predicted octanol–water partition coefficient (Wildman–Crippen LogP) is 3.81. The Morgan fingerprint density at radius 1 is 0.923 bits per heavy atom. The van der Waals surface area contributed by atoms with E-state index in [1.165, 1.54) is 51.3 Å². The lowest BCUT2D eigenvalue weighted by atomic mass is 9.76. The Hall–Kier alpha value is 0.0649. The first-order valence-corrected chi connectivity index (χ1v) is 6.18. The Morgan fingerprint density at radius 3 is 2.00 bits per heavy atom. The van der Waals surface area contributed by atoms with Crippen molar-refractivity contribution >= 4 is 7.85 Å². The van der Waals surface area contributed by atoms with Gasteiger partial charge in [0.2, 0.25) is 0 Å². The van der Waals surface area contributed by atoms with Gasteiger partial charge >= 0.3 is 0 Å². The summed E-state index contributed by atoms with van der Waals surface area (Å²) < 4.78 is 0. The van der Waals surface area contributed by atoms with Crippen molar-refractivity contribution in [2.24, 2.45) is 5.41 Å². The lowest BCUT2D eigenvalue weighted by Crippen LogP contribution is -2.16. The molecule has 0 rings (SSSR count). The molecule has 0 heterocycles. The van der Waals surface area contributed by atoms with Gasteiger partial charge in [0.15, 0.2) is 0 Å². The van der Waals surface area contributed by atoms with Gasteiger partial charge in [0.1, 0.15) is 7.85 Å². The normalized spacial score (nSPS) is 15.6. The van der Waals surface area contributed by atoms with Crippen LogP contribution in [0.2, 0.25) is 6.32 Å². The second kappa shape index (κ2) is 7.47. The quantitative estimate of drug-likeness (QED) is 0.500. The molecule has 0 aromatic heterocycles. The first-order valence-electron chi connectivity index (χ1n) is 6.18. The highest BCUT2D eigenvalue weighted by molar-refractivity contribution is 6.08. The summed E-state index contributed by atoms with van der Waals surface area (Å²) in [6, 6.07) is 0. The third-order valence-corrected chi connectivity index (χ3v) is 3.12. The molecule has 0 nitrogen and oxygen atoms in total. The third kappa shape index (κ3) is 6.18. The number of hydrogen-bond acceptors (Lipinski definition) is 0. The van der Waals surface area contributed by atoms with E-state index in [0.717, 1.165) is 0 Å². The van der Waals surface area contributed by atoms with Crippen LogP contribution in [0.25, 0.3) is 0 Å². The fourth-order valence-corrected chi connectivity index (χ4v) is 2.19. The monoisotopic (exact) mass is 182 g/mol. The summed E-state index contributed by atoms with van der Waals surface area (Å²) >= 11 is 0. The second-order valence-electron chi connectivity index (χ2n) is 4.77. The zero-order valence-corrected chi connectivity index (χ0v) is 10.2. The highest BCUT2D eigenvalue weighted by atomic mass is 14.3. The van der Waals surface area contributed by atoms with Crippen molar-refractivity contribution in [1.82, 2.24) is 0 Å². The summed E-state index contributed by atoms with van der Waals surface area (Å²) in [6.07, 6.45) is 11.2. The van der Waals surface area contributed by atoms with Crippen LogP contribution >= 0.6 is 0 Å². The van der Waals surface area contributed by atoms with Crippen LogP contribution in [-0.4, -0.2) is 7.85 Å². The van der Waals surface area contributed by atoms with Crippen molar-refractivity contribution in [3.05, 3.63) is 0 Å². The van der Waals surface area contributed by atoms with Gasteiger partial charge in [0.25, 0.3) is 0 Å². The second-order valence-corrected chi connectivity index (χ2v) is 4.77. The smallest absolute Gasteiger partial charge is 0.0810 e. The highest BCUT2D eigenvalue weighted by Gasteiger charge is 2.21. The van der Waals surface area contributed by atoms with Gasteiger partial charge in [-0.1, -0.05) is 52.8 Å². The van der Waals surface area contributed by atoms with E-state index in [1.807, 2.05) is 0 Å². The summed E-state index contributed by atoms with van der Waals surface area (Å²) in [4.78, 5) is 0. The Labute approximate surface area is 85.9 Å². The van der Waals surface area contributed by atoms with Crippen molar-refractivity contribution < 1.29 is 0 Å². The van der Waals surface area contributed by atoms with Crippen molar-refractivity contribution in [3.63, 3.8) is 0 Å². The van der Waals surface area contributed by atoms with Gasteiger partial charge < -0.3 is 0 Å². The zero-order chi connectivity index (χ0) is 10.2. The Morgan fingerprint density at radius 2 is 1.54 bits per heavy atom. The predicted molar refractivity (Wildman–Crippen MR) is 65.1 cm³/mol. The molecule has 0 aliphatic rings. The first kappa shape index (κ1) is 13.1. The Kier molecular flexibility index (Phi) is 7.50. The topological polar surface area (TPSA) is 0 Å². The average molecular weight is 182 g/mol. The summed E-state index contributed by atoms with van der Waals surface area (Å²) in [6.45, 7) is 7.10. The minimum absolute atomic E-state index is 0.654. The summed E-state index contributed by atoms with van der Waals surface area (Å²) in [5.74, 6) is 0. The maximum atomic E-state index is 2.49. The molecule has 0 N–H and O–H groups in total. The van der Waals surface area contributed by atoms with Gasteiger partial charge in [-0.05, 0) is 24.7 Å². The molecule has 0 fully saturated rings. The molecule has 0 bridgehead atoms. The molecule has 0 radical (unpaired) electrons. The highest BCUT2D eigenvalue weighted by Crippen LogP contribution is 2.35. The average Bonchev–Trinajstić information content (AvgIpc) is 2.12. The number of rotatable bonds is 8. The van der Waals surface area contributed by atoms with Crippen molar-refractivity contribution in [2.75, 3.05) is 0 Å². The molecule has 13 heavy (non-hydrogen) atoms. The van der Waals surface area contributed by atoms with E-state index in [9.17, 15) is 0 Å². The lowest BCUT2D eigenvalue weighted by molar-refractivity contribution is 0.237. The molecule has 1 heteroatoms. The Bertz CT molecular complexity index is 102. The zero-order valence-electron chi connectivity index (χ0n) is 10.2.